The lowest BCUT2D eigenvalue weighted by Crippen LogP contribution is -2.16. The maximum Gasteiger partial charge on any atom is 0.376 e. The maximum absolute atomic E-state index is 13.5. The zero-order chi connectivity index (χ0) is 20.4. The lowest BCUT2D eigenvalue weighted by molar-refractivity contribution is -0.146. The van der Waals surface area contributed by atoms with Gasteiger partial charge in [0, 0.05) is 24.2 Å². The Kier molecular flexibility index (Phi) is 5.04. The van der Waals surface area contributed by atoms with E-state index in [1.54, 1.807) is 18.2 Å². The Morgan fingerprint density at radius 1 is 1.04 bits per heavy atom. The van der Waals surface area contributed by atoms with Gasteiger partial charge < -0.3 is 14.8 Å². The van der Waals surface area contributed by atoms with E-state index in [0.29, 0.717) is 17.2 Å². The second kappa shape index (κ2) is 7.43. The number of carboxylic acids is 1. The van der Waals surface area contributed by atoms with E-state index < -0.39 is 34.6 Å². The fourth-order valence-electron chi connectivity index (χ4n) is 2.76. The number of aliphatic hydroxyl groups is 1. The van der Waals surface area contributed by atoms with Crippen LogP contribution in [0.4, 0.5) is 8.78 Å². The first-order valence-corrected chi connectivity index (χ1v) is 8.02. The predicted molar refractivity (Wildman–Crippen MR) is 96.9 cm³/mol. The van der Waals surface area contributed by atoms with E-state index in [1.807, 2.05) is 0 Å². The van der Waals surface area contributed by atoms with Crippen LogP contribution in [0.5, 0.6) is 0 Å². The van der Waals surface area contributed by atoms with Crippen molar-refractivity contribution in [3.8, 4) is 0 Å². The summed E-state index contributed by atoms with van der Waals surface area (Å²) in [5.41, 5.74) is -0.0537. The number of fused-ring (bicyclic) bond motifs is 1. The number of carbonyl (C=O) groups is 2. The zero-order valence-corrected chi connectivity index (χ0v) is 14.2. The monoisotopic (exact) mass is 385 g/mol. The van der Waals surface area contributed by atoms with Crippen LogP contribution in [-0.4, -0.2) is 26.5 Å². The van der Waals surface area contributed by atoms with Crippen molar-refractivity contribution in [3.63, 3.8) is 0 Å². The van der Waals surface area contributed by atoms with Gasteiger partial charge in [0.05, 0.1) is 11.1 Å². The quantitative estimate of drug-likeness (QED) is 0.400. The van der Waals surface area contributed by atoms with Crippen molar-refractivity contribution in [2.45, 2.75) is 6.54 Å². The van der Waals surface area contributed by atoms with Crippen molar-refractivity contribution in [1.29, 1.82) is 0 Å². The third kappa shape index (κ3) is 3.66. The summed E-state index contributed by atoms with van der Waals surface area (Å²) >= 11 is 0. The van der Waals surface area contributed by atoms with Gasteiger partial charge in [0.15, 0.2) is 17.1 Å². The summed E-state index contributed by atoms with van der Waals surface area (Å²) in [7, 11) is 0. The summed E-state index contributed by atoms with van der Waals surface area (Å²) in [5, 5.41) is 19.0. The Bertz CT molecular complexity index is 1200. The van der Waals surface area contributed by atoms with Crippen LogP contribution in [0, 0.1) is 11.6 Å². The molecule has 2 N–H and O–H groups in total. The molecule has 28 heavy (non-hydrogen) atoms. The molecular formula is C20H13F2NO5. The first kappa shape index (κ1) is 19.0. The molecule has 1 aromatic heterocycles. The molecule has 8 heteroatoms. The number of aliphatic carboxylic acids is 1. The molecule has 0 radical (unpaired) electrons. The van der Waals surface area contributed by atoms with Crippen LogP contribution in [0.2, 0.25) is 0 Å². The second-order valence-corrected chi connectivity index (χ2v) is 5.96. The Labute approximate surface area is 156 Å². The van der Waals surface area contributed by atoms with E-state index in [1.165, 1.54) is 22.9 Å². The lowest BCUT2D eigenvalue weighted by Gasteiger charge is -2.13. The largest absolute Gasteiger partial charge is 0.507 e. The molecule has 0 unspecified atom stereocenters. The summed E-state index contributed by atoms with van der Waals surface area (Å²) < 4.78 is 28.2. The van der Waals surface area contributed by atoms with Crippen LogP contribution in [-0.2, 0) is 16.1 Å². The van der Waals surface area contributed by atoms with E-state index in [4.69, 9.17) is 5.11 Å². The molecule has 0 atom stereocenters. The second-order valence-electron chi connectivity index (χ2n) is 5.96. The van der Waals surface area contributed by atoms with Crippen LogP contribution in [0.1, 0.15) is 11.1 Å². The number of ketones is 1. The van der Waals surface area contributed by atoms with Crippen molar-refractivity contribution in [2.75, 3.05) is 0 Å². The van der Waals surface area contributed by atoms with E-state index in [-0.39, 0.29) is 17.5 Å². The van der Waals surface area contributed by atoms with E-state index in [2.05, 4.69) is 0 Å². The molecule has 0 bridgehead atoms. The van der Waals surface area contributed by atoms with E-state index in [9.17, 15) is 28.3 Å². The normalized spacial score (nSPS) is 11.6. The van der Waals surface area contributed by atoms with Gasteiger partial charge in [-0.15, -0.1) is 0 Å². The minimum atomic E-state index is -1.78. The molecule has 0 fully saturated rings. The van der Waals surface area contributed by atoms with Gasteiger partial charge >= 0.3 is 5.97 Å². The topological polar surface area (TPSA) is 96.6 Å². The SMILES string of the molecule is O=C(O)C(=O)C=C(O)c1cn(Cc2ccc(F)c(F)c2)c2ccccc2c1=O. The number of hydrogen-bond donors (Lipinski definition) is 2. The number of nitrogens with zero attached hydrogens (tertiary/aromatic N) is 1. The molecule has 0 aliphatic carbocycles. The number of rotatable bonds is 5. The van der Waals surface area contributed by atoms with Gasteiger partial charge in [-0.2, -0.15) is 0 Å². The molecule has 0 saturated carbocycles. The maximum atomic E-state index is 13.5. The summed E-state index contributed by atoms with van der Waals surface area (Å²) in [6.07, 6.45) is 1.67. The Balaban J connectivity index is 2.18. The predicted octanol–water partition coefficient (Wildman–Crippen LogP) is 2.88. The molecular weight excluding hydrogens is 372 g/mol. The van der Waals surface area contributed by atoms with Crippen LogP contribution >= 0.6 is 0 Å². The smallest absolute Gasteiger partial charge is 0.376 e. The zero-order valence-electron chi connectivity index (χ0n) is 14.2. The van der Waals surface area contributed by atoms with Crippen LogP contribution in [0.3, 0.4) is 0 Å². The molecule has 1 heterocycles. The lowest BCUT2D eigenvalue weighted by atomic mass is 10.1. The fraction of sp³-hybridized carbons (Fsp3) is 0.0500. The van der Waals surface area contributed by atoms with Crippen LogP contribution in [0.15, 0.2) is 59.5 Å². The van der Waals surface area contributed by atoms with Crippen molar-refractivity contribution >= 4 is 28.4 Å². The highest BCUT2D eigenvalue weighted by molar-refractivity contribution is 6.38. The van der Waals surface area contributed by atoms with Gasteiger partial charge in [-0.1, -0.05) is 18.2 Å². The number of carboxylic acid groups (broad SMARTS) is 1. The molecule has 142 valence electrons. The number of aliphatic hydroxyl groups excluding tert-OH is 1. The average molecular weight is 385 g/mol. The van der Waals surface area contributed by atoms with Gasteiger partial charge in [0.25, 0.3) is 5.78 Å². The molecule has 3 rings (SSSR count). The third-order valence-electron chi connectivity index (χ3n) is 4.08. The Morgan fingerprint density at radius 2 is 1.75 bits per heavy atom. The molecule has 2 aromatic carbocycles. The number of benzene rings is 2. The van der Waals surface area contributed by atoms with Crippen LogP contribution in [0.25, 0.3) is 16.7 Å². The van der Waals surface area contributed by atoms with E-state index in [0.717, 1.165) is 12.1 Å². The highest BCUT2D eigenvalue weighted by Gasteiger charge is 2.16. The summed E-state index contributed by atoms with van der Waals surface area (Å²) in [4.78, 5) is 34.6. The fourth-order valence-corrected chi connectivity index (χ4v) is 2.76. The minimum Gasteiger partial charge on any atom is -0.507 e. The van der Waals surface area contributed by atoms with Gasteiger partial charge in [0.2, 0.25) is 0 Å². The average Bonchev–Trinajstić information content (AvgIpc) is 2.66. The van der Waals surface area contributed by atoms with Gasteiger partial charge in [0.1, 0.15) is 5.76 Å². The number of pyridine rings is 1. The van der Waals surface area contributed by atoms with Crippen LogP contribution < -0.4 is 5.43 Å². The highest BCUT2D eigenvalue weighted by Crippen LogP contribution is 2.18. The summed E-state index contributed by atoms with van der Waals surface area (Å²) in [6.45, 7) is 0.0329. The molecule has 6 nitrogen and oxygen atoms in total. The number of para-hydroxylation sites is 1. The Hall–Kier alpha value is -3.81. The molecule has 0 aliphatic rings. The third-order valence-corrected chi connectivity index (χ3v) is 4.08. The molecule has 3 aromatic rings. The highest BCUT2D eigenvalue weighted by atomic mass is 19.2. The number of carbonyl (C=O) groups excluding carboxylic acids is 1. The van der Waals surface area contributed by atoms with E-state index >= 15 is 0 Å². The van der Waals surface area contributed by atoms with Crippen molar-refractivity contribution < 1.29 is 28.6 Å². The summed E-state index contributed by atoms with van der Waals surface area (Å²) in [6, 6.07) is 9.74. The Morgan fingerprint density at radius 3 is 2.43 bits per heavy atom. The number of halogens is 2. The van der Waals surface area contributed by atoms with Crippen molar-refractivity contribution in [3.05, 3.63) is 87.7 Å². The first-order valence-electron chi connectivity index (χ1n) is 8.02. The first-order chi connectivity index (χ1) is 13.3. The molecule has 0 spiro atoms. The summed E-state index contributed by atoms with van der Waals surface area (Å²) in [5.74, 6) is -6.01. The molecule has 0 aliphatic heterocycles. The van der Waals surface area contributed by atoms with Crippen molar-refractivity contribution in [2.24, 2.45) is 0 Å². The van der Waals surface area contributed by atoms with Gasteiger partial charge in [-0.05, 0) is 29.8 Å². The number of aromatic nitrogens is 1. The number of hydrogen-bond acceptors (Lipinski definition) is 4. The molecule has 0 saturated heterocycles. The molecule has 0 amide bonds. The van der Waals surface area contributed by atoms with Crippen molar-refractivity contribution in [1.82, 2.24) is 4.57 Å². The van der Waals surface area contributed by atoms with Gasteiger partial charge in [-0.25, -0.2) is 13.6 Å². The standard InChI is InChI=1S/C20H13F2NO5/c21-14-6-5-11(7-15(14)22)9-23-10-13(17(24)8-18(25)20(27)28)19(26)12-3-1-2-4-16(12)23/h1-8,10,24H,9H2,(H,27,28). The minimum absolute atomic E-state index is 0.0329. The van der Waals surface area contributed by atoms with Gasteiger partial charge in [-0.3, -0.25) is 9.59 Å².